The topological polar surface area (TPSA) is 29.1 Å². The molecule has 1 rings (SSSR count). The van der Waals surface area contributed by atoms with Crippen molar-refractivity contribution in [3.63, 3.8) is 0 Å². The van der Waals surface area contributed by atoms with Crippen molar-refractivity contribution >= 4 is 11.6 Å². The van der Waals surface area contributed by atoms with Crippen LogP contribution in [0.5, 0.6) is 0 Å². The molecule has 2 nitrogen and oxygen atoms in total. The SMILES string of the molecule is CC(C)=C(F)C(=O)Nc1ccc(F)c(F)c1F. The van der Waals surface area contributed by atoms with Gasteiger partial charge < -0.3 is 5.32 Å². The van der Waals surface area contributed by atoms with Gasteiger partial charge in [0.2, 0.25) is 0 Å². The van der Waals surface area contributed by atoms with Crippen LogP contribution in [0, 0.1) is 17.5 Å². The fraction of sp³-hybridized carbons (Fsp3) is 0.182. The number of anilines is 1. The Morgan fingerprint density at radius 1 is 1.12 bits per heavy atom. The van der Waals surface area contributed by atoms with Crippen molar-refractivity contribution in [3.05, 3.63) is 41.0 Å². The van der Waals surface area contributed by atoms with Gasteiger partial charge in [-0.1, -0.05) is 0 Å². The van der Waals surface area contributed by atoms with Crippen LogP contribution < -0.4 is 5.32 Å². The van der Waals surface area contributed by atoms with Crippen molar-refractivity contribution in [2.45, 2.75) is 13.8 Å². The summed E-state index contributed by atoms with van der Waals surface area (Å²) in [5.41, 5.74) is -0.532. The van der Waals surface area contributed by atoms with Crippen molar-refractivity contribution < 1.29 is 22.4 Å². The van der Waals surface area contributed by atoms with E-state index in [1.807, 2.05) is 0 Å². The van der Waals surface area contributed by atoms with Crippen LogP contribution in [-0.2, 0) is 4.79 Å². The summed E-state index contributed by atoms with van der Waals surface area (Å²) in [5.74, 6) is -6.99. The van der Waals surface area contributed by atoms with Gasteiger partial charge in [-0.05, 0) is 31.6 Å². The second kappa shape index (κ2) is 4.99. The van der Waals surface area contributed by atoms with Crippen LogP contribution in [0.2, 0.25) is 0 Å². The van der Waals surface area contributed by atoms with Gasteiger partial charge in [-0.15, -0.1) is 0 Å². The van der Waals surface area contributed by atoms with Crippen molar-refractivity contribution in [1.82, 2.24) is 0 Å². The van der Waals surface area contributed by atoms with Crippen molar-refractivity contribution in [1.29, 1.82) is 0 Å². The molecule has 0 bridgehead atoms. The molecule has 0 atom stereocenters. The van der Waals surface area contributed by atoms with Crippen molar-refractivity contribution in [2.75, 3.05) is 5.32 Å². The fourth-order valence-electron chi connectivity index (χ4n) is 1.03. The summed E-state index contributed by atoms with van der Waals surface area (Å²) in [6, 6.07) is 1.44. The zero-order valence-electron chi connectivity index (χ0n) is 9.07. The van der Waals surface area contributed by atoms with Crippen molar-refractivity contribution in [3.8, 4) is 0 Å². The molecule has 1 aromatic carbocycles. The molecule has 92 valence electrons. The number of hydrogen-bond donors (Lipinski definition) is 1. The van der Waals surface area contributed by atoms with Gasteiger partial charge in [0.15, 0.2) is 23.3 Å². The lowest BCUT2D eigenvalue weighted by Gasteiger charge is -2.06. The number of benzene rings is 1. The first-order valence-corrected chi connectivity index (χ1v) is 4.62. The minimum absolute atomic E-state index is 0.0884. The van der Waals surface area contributed by atoms with E-state index in [-0.39, 0.29) is 5.57 Å². The molecule has 0 saturated carbocycles. The maximum Gasteiger partial charge on any atom is 0.284 e. The average molecular weight is 247 g/mol. The van der Waals surface area contributed by atoms with Crippen LogP contribution in [0.15, 0.2) is 23.5 Å². The molecule has 17 heavy (non-hydrogen) atoms. The molecular weight excluding hydrogens is 238 g/mol. The second-order valence-corrected chi connectivity index (χ2v) is 3.49. The smallest absolute Gasteiger partial charge is 0.284 e. The third-order valence-electron chi connectivity index (χ3n) is 1.92. The van der Waals surface area contributed by atoms with Gasteiger partial charge in [0.05, 0.1) is 5.69 Å². The van der Waals surface area contributed by atoms with Crippen LogP contribution in [0.3, 0.4) is 0 Å². The standard InChI is InChI=1S/C11H9F4NO/c1-5(2)8(13)11(17)16-7-4-3-6(12)9(14)10(7)15/h3-4H,1-2H3,(H,16,17). The number of amides is 1. The first-order valence-electron chi connectivity index (χ1n) is 4.62. The summed E-state index contributed by atoms with van der Waals surface area (Å²) in [7, 11) is 0. The summed E-state index contributed by atoms with van der Waals surface area (Å²) in [6.07, 6.45) is 0. The normalized spacial score (nSPS) is 10.0. The molecular formula is C11H9F4NO. The van der Waals surface area contributed by atoms with Gasteiger partial charge in [0.1, 0.15) is 0 Å². The lowest BCUT2D eigenvalue weighted by Crippen LogP contribution is -2.14. The average Bonchev–Trinajstić information content (AvgIpc) is 2.28. The van der Waals surface area contributed by atoms with Crippen LogP contribution in [0.25, 0.3) is 0 Å². The Bertz CT molecular complexity index is 492. The minimum atomic E-state index is -1.72. The number of carbonyl (C=O) groups is 1. The quantitative estimate of drug-likeness (QED) is 0.485. The molecule has 0 aliphatic heterocycles. The predicted molar refractivity (Wildman–Crippen MR) is 54.4 cm³/mol. The maximum absolute atomic E-state index is 13.1. The molecule has 0 saturated heterocycles. The van der Waals surface area contributed by atoms with E-state index in [9.17, 15) is 22.4 Å². The molecule has 0 aliphatic rings. The molecule has 1 aromatic rings. The van der Waals surface area contributed by atoms with Gasteiger partial charge in [-0.3, -0.25) is 4.79 Å². The highest BCUT2D eigenvalue weighted by Crippen LogP contribution is 2.20. The first kappa shape index (κ1) is 13.2. The highest BCUT2D eigenvalue weighted by Gasteiger charge is 2.17. The Labute approximate surface area is 94.9 Å². The Morgan fingerprint density at radius 2 is 1.71 bits per heavy atom. The molecule has 0 aliphatic carbocycles. The maximum atomic E-state index is 13.1. The summed E-state index contributed by atoms with van der Waals surface area (Å²) in [6.45, 7) is 2.69. The van der Waals surface area contributed by atoms with Gasteiger partial charge in [-0.25, -0.2) is 17.6 Å². The zero-order chi connectivity index (χ0) is 13.2. The first-order chi connectivity index (χ1) is 7.84. The second-order valence-electron chi connectivity index (χ2n) is 3.49. The minimum Gasteiger partial charge on any atom is -0.317 e. The van der Waals surface area contributed by atoms with E-state index in [0.717, 1.165) is 6.07 Å². The zero-order valence-corrected chi connectivity index (χ0v) is 9.07. The monoisotopic (exact) mass is 247 g/mol. The highest BCUT2D eigenvalue weighted by molar-refractivity contribution is 6.02. The number of halogens is 4. The van der Waals surface area contributed by atoms with Gasteiger partial charge in [0, 0.05) is 0 Å². The van der Waals surface area contributed by atoms with E-state index in [1.54, 1.807) is 5.32 Å². The Hall–Kier alpha value is -1.85. The third-order valence-corrected chi connectivity index (χ3v) is 1.92. The summed E-state index contributed by atoms with van der Waals surface area (Å²) in [5, 5.41) is 1.81. The molecule has 6 heteroatoms. The molecule has 1 amide bonds. The van der Waals surface area contributed by atoms with E-state index >= 15 is 0 Å². The number of nitrogens with one attached hydrogen (secondary N) is 1. The van der Waals surface area contributed by atoms with Gasteiger partial charge in [0.25, 0.3) is 5.91 Å². The van der Waals surface area contributed by atoms with Gasteiger partial charge in [-0.2, -0.15) is 0 Å². The van der Waals surface area contributed by atoms with E-state index < -0.39 is 34.9 Å². The number of carbonyl (C=O) groups excluding carboxylic acids is 1. The summed E-state index contributed by atoms with van der Waals surface area (Å²) >= 11 is 0. The lowest BCUT2D eigenvalue weighted by atomic mass is 10.2. The number of rotatable bonds is 2. The summed E-state index contributed by atoms with van der Waals surface area (Å²) < 4.78 is 51.6. The predicted octanol–water partition coefficient (Wildman–Crippen LogP) is 3.31. The lowest BCUT2D eigenvalue weighted by molar-refractivity contribution is -0.114. The largest absolute Gasteiger partial charge is 0.317 e. The van der Waals surface area contributed by atoms with Crippen LogP contribution in [-0.4, -0.2) is 5.91 Å². The number of allylic oxidation sites excluding steroid dienone is 1. The third kappa shape index (κ3) is 2.83. The van der Waals surface area contributed by atoms with Crippen molar-refractivity contribution in [2.24, 2.45) is 0 Å². The van der Waals surface area contributed by atoms with Crippen LogP contribution >= 0.6 is 0 Å². The van der Waals surface area contributed by atoms with E-state index in [0.29, 0.717) is 6.07 Å². The Morgan fingerprint density at radius 3 is 2.24 bits per heavy atom. The van der Waals surface area contributed by atoms with Crippen LogP contribution in [0.1, 0.15) is 13.8 Å². The van der Waals surface area contributed by atoms with E-state index in [4.69, 9.17) is 0 Å². The molecule has 0 unspecified atom stereocenters. The molecule has 0 radical (unpaired) electrons. The van der Waals surface area contributed by atoms with E-state index in [2.05, 4.69) is 0 Å². The fourth-order valence-corrected chi connectivity index (χ4v) is 1.03. The number of hydrogen-bond acceptors (Lipinski definition) is 1. The molecule has 0 spiro atoms. The Kier molecular flexibility index (Phi) is 3.88. The van der Waals surface area contributed by atoms with Gasteiger partial charge >= 0.3 is 0 Å². The molecule has 0 aromatic heterocycles. The van der Waals surface area contributed by atoms with Crippen LogP contribution in [0.4, 0.5) is 23.2 Å². The molecule has 0 heterocycles. The Balaban J connectivity index is 3.02. The summed E-state index contributed by atoms with van der Waals surface area (Å²) in [4.78, 5) is 11.2. The molecule has 0 fully saturated rings. The van der Waals surface area contributed by atoms with E-state index in [1.165, 1.54) is 13.8 Å². The highest BCUT2D eigenvalue weighted by atomic mass is 19.2. The molecule has 1 N–H and O–H groups in total.